The molecule has 0 aliphatic rings. The van der Waals surface area contributed by atoms with Crippen LogP contribution in [0.4, 0.5) is 0 Å². The maximum absolute atomic E-state index is 11.8. The van der Waals surface area contributed by atoms with E-state index in [4.69, 9.17) is 9.47 Å². The molecule has 1 amide bonds. The molecule has 19 heavy (non-hydrogen) atoms. The molecule has 0 radical (unpaired) electrons. The first-order chi connectivity index (χ1) is 9.13. The Morgan fingerprint density at radius 2 is 2.21 bits per heavy atom. The molecular formula is C14H21NO4. The SMILES string of the molecule is CCCNC(=O)C(C)Oc1c(CO)cccc1OC. The maximum Gasteiger partial charge on any atom is 0.260 e. The molecule has 1 rings (SSSR count). The van der Waals surface area contributed by atoms with E-state index in [0.29, 0.717) is 23.6 Å². The number of benzene rings is 1. The zero-order chi connectivity index (χ0) is 14.3. The normalized spacial score (nSPS) is 11.8. The van der Waals surface area contributed by atoms with Crippen molar-refractivity contribution in [2.45, 2.75) is 33.0 Å². The lowest BCUT2D eigenvalue weighted by Crippen LogP contribution is -2.36. The molecule has 0 spiro atoms. The fraction of sp³-hybridized carbons (Fsp3) is 0.500. The van der Waals surface area contributed by atoms with E-state index in [1.807, 2.05) is 6.92 Å². The highest BCUT2D eigenvalue weighted by Gasteiger charge is 2.18. The zero-order valence-corrected chi connectivity index (χ0v) is 11.6. The number of carbonyl (C=O) groups excluding carboxylic acids is 1. The van der Waals surface area contributed by atoms with Gasteiger partial charge >= 0.3 is 0 Å². The van der Waals surface area contributed by atoms with Crippen LogP contribution in [0.2, 0.25) is 0 Å². The van der Waals surface area contributed by atoms with Crippen LogP contribution in [0.15, 0.2) is 18.2 Å². The van der Waals surface area contributed by atoms with Gasteiger partial charge in [-0.25, -0.2) is 0 Å². The van der Waals surface area contributed by atoms with Gasteiger partial charge in [-0.05, 0) is 19.4 Å². The number of aliphatic hydroxyl groups is 1. The van der Waals surface area contributed by atoms with Crippen LogP contribution in [0.3, 0.4) is 0 Å². The van der Waals surface area contributed by atoms with Gasteiger partial charge in [-0.3, -0.25) is 4.79 Å². The van der Waals surface area contributed by atoms with Crippen molar-refractivity contribution >= 4 is 5.91 Å². The molecule has 0 aliphatic carbocycles. The molecule has 0 aliphatic heterocycles. The molecule has 1 atom stereocenters. The van der Waals surface area contributed by atoms with Gasteiger partial charge in [0, 0.05) is 12.1 Å². The fourth-order valence-electron chi connectivity index (χ4n) is 1.60. The van der Waals surface area contributed by atoms with E-state index in [-0.39, 0.29) is 12.5 Å². The number of aliphatic hydroxyl groups excluding tert-OH is 1. The van der Waals surface area contributed by atoms with Gasteiger partial charge in [0.05, 0.1) is 13.7 Å². The summed E-state index contributed by atoms with van der Waals surface area (Å²) in [6.07, 6.45) is 0.225. The van der Waals surface area contributed by atoms with Gasteiger partial charge in [-0.15, -0.1) is 0 Å². The number of amides is 1. The maximum atomic E-state index is 11.8. The Bertz CT molecular complexity index is 398. The van der Waals surface area contributed by atoms with Gasteiger partial charge in [0.15, 0.2) is 17.6 Å². The number of methoxy groups -OCH3 is 1. The first kappa shape index (κ1) is 15.3. The number of carbonyl (C=O) groups is 1. The first-order valence-corrected chi connectivity index (χ1v) is 6.35. The van der Waals surface area contributed by atoms with Crippen LogP contribution in [-0.2, 0) is 11.4 Å². The molecule has 1 aromatic rings. The van der Waals surface area contributed by atoms with E-state index in [1.165, 1.54) is 7.11 Å². The van der Waals surface area contributed by atoms with Crippen LogP contribution in [-0.4, -0.2) is 30.8 Å². The minimum Gasteiger partial charge on any atom is -0.493 e. The number of nitrogens with one attached hydrogen (secondary N) is 1. The van der Waals surface area contributed by atoms with Gasteiger partial charge in [0.25, 0.3) is 5.91 Å². The Labute approximate surface area is 113 Å². The van der Waals surface area contributed by atoms with Gasteiger partial charge in [-0.2, -0.15) is 0 Å². The van der Waals surface area contributed by atoms with Gasteiger partial charge in [0.1, 0.15) is 0 Å². The zero-order valence-electron chi connectivity index (χ0n) is 11.6. The van der Waals surface area contributed by atoms with Crippen molar-refractivity contribution < 1.29 is 19.4 Å². The summed E-state index contributed by atoms with van der Waals surface area (Å²) in [4.78, 5) is 11.8. The lowest BCUT2D eigenvalue weighted by molar-refractivity contribution is -0.127. The third-order valence-electron chi connectivity index (χ3n) is 2.66. The summed E-state index contributed by atoms with van der Waals surface area (Å²) in [6, 6.07) is 5.22. The monoisotopic (exact) mass is 267 g/mol. The van der Waals surface area contributed by atoms with Crippen LogP contribution < -0.4 is 14.8 Å². The predicted molar refractivity (Wildman–Crippen MR) is 72.3 cm³/mol. The molecule has 0 saturated heterocycles. The summed E-state index contributed by atoms with van der Waals surface area (Å²) < 4.78 is 10.8. The van der Waals surface area contributed by atoms with E-state index >= 15 is 0 Å². The Hall–Kier alpha value is -1.75. The molecule has 1 unspecified atom stereocenters. The number of hydrogen-bond donors (Lipinski definition) is 2. The Balaban J connectivity index is 2.82. The number of para-hydroxylation sites is 1. The van der Waals surface area contributed by atoms with Crippen molar-refractivity contribution in [3.05, 3.63) is 23.8 Å². The first-order valence-electron chi connectivity index (χ1n) is 6.35. The minimum absolute atomic E-state index is 0.171. The molecule has 0 bridgehead atoms. The second-order valence-corrected chi connectivity index (χ2v) is 4.16. The molecule has 106 valence electrons. The van der Waals surface area contributed by atoms with E-state index in [9.17, 15) is 9.90 Å². The van der Waals surface area contributed by atoms with E-state index in [0.717, 1.165) is 6.42 Å². The smallest absolute Gasteiger partial charge is 0.260 e. The van der Waals surface area contributed by atoms with Gasteiger partial charge in [0.2, 0.25) is 0 Å². The molecule has 0 fully saturated rings. The average molecular weight is 267 g/mol. The predicted octanol–water partition coefficient (Wildman–Crippen LogP) is 1.48. The Kier molecular flexibility index (Phi) is 6.15. The Morgan fingerprint density at radius 1 is 1.47 bits per heavy atom. The van der Waals surface area contributed by atoms with Gasteiger partial charge < -0.3 is 19.9 Å². The van der Waals surface area contributed by atoms with Crippen LogP contribution in [0.25, 0.3) is 0 Å². The van der Waals surface area contributed by atoms with E-state index < -0.39 is 6.10 Å². The van der Waals surface area contributed by atoms with E-state index in [2.05, 4.69) is 5.32 Å². The topological polar surface area (TPSA) is 67.8 Å². The number of rotatable bonds is 7. The van der Waals surface area contributed by atoms with Crippen molar-refractivity contribution in [1.29, 1.82) is 0 Å². The third-order valence-corrected chi connectivity index (χ3v) is 2.66. The summed E-state index contributed by atoms with van der Waals surface area (Å²) in [5.41, 5.74) is 0.592. The highest BCUT2D eigenvalue weighted by Crippen LogP contribution is 2.31. The number of ether oxygens (including phenoxy) is 2. The molecule has 5 heteroatoms. The second kappa shape index (κ2) is 7.63. The summed E-state index contributed by atoms with van der Waals surface area (Å²) in [5.74, 6) is 0.727. The summed E-state index contributed by atoms with van der Waals surface area (Å²) >= 11 is 0. The molecule has 0 aromatic heterocycles. The fourth-order valence-corrected chi connectivity index (χ4v) is 1.60. The average Bonchev–Trinajstić information content (AvgIpc) is 2.44. The molecule has 0 heterocycles. The summed E-state index contributed by atoms with van der Waals surface area (Å²) in [5, 5.41) is 12.1. The minimum atomic E-state index is -0.645. The van der Waals surface area contributed by atoms with Crippen molar-refractivity contribution in [3.63, 3.8) is 0 Å². The van der Waals surface area contributed by atoms with Crippen LogP contribution in [0.5, 0.6) is 11.5 Å². The van der Waals surface area contributed by atoms with Crippen LogP contribution in [0, 0.1) is 0 Å². The largest absolute Gasteiger partial charge is 0.493 e. The van der Waals surface area contributed by atoms with Crippen molar-refractivity contribution in [1.82, 2.24) is 5.32 Å². The molecular weight excluding hydrogens is 246 g/mol. The van der Waals surface area contributed by atoms with E-state index in [1.54, 1.807) is 25.1 Å². The molecule has 5 nitrogen and oxygen atoms in total. The lowest BCUT2D eigenvalue weighted by atomic mass is 10.2. The molecule has 0 saturated carbocycles. The highest BCUT2D eigenvalue weighted by atomic mass is 16.5. The standard InChI is InChI=1S/C14H21NO4/c1-4-8-15-14(17)10(2)19-13-11(9-16)6-5-7-12(13)18-3/h5-7,10,16H,4,8-9H2,1-3H3,(H,15,17). The second-order valence-electron chi connectivity index (χ2n) is 4.16. The summed E-state index contributed by atoms with van der Waals surface area (Å²) in [7, 11) is 1.52. The van der Waals surface area contributed by atoms with Crippen molar-refractivity contribution in [2.75, 3.05) is 13.7 Å². The van der Waals surface area contributed by atoms with Gasteiger partial charge in [-0.1, -0.05) is 19.1 Å². The summed E-state index contributed by atoms with van der Waals surface area (Å²) in [6.45, 7) is 4.09. The Morgan fingerprint density at radius 3 is 2.79 bits per heavy atom. The van der Waals surface area contributed by atoms with Crippen LogP contribution in [0.1, 0.15) is 25.8 Å². The third kappa shape index (κ3) is 4.13. The molecule has 2 N–H and O–H groups in total. The number of hydrogen-bond acceptors (Lipinski definition) is 4. The van der Waals surface area contributed by atoms with Crippen molar-refractivity contribution in [3.8, 4) is 11.5 Å². The highest BCUT2D eigenvalue weighted by molar-refractivity contribution is 5.80. The lowest BCUT2D eigenvalue weighted by Gasteiger charge is -2.18. The van der Waals surface area contributed by atoms with Crippen molar-refractivity contribution in [2.24, 2.45) is 0 Å². The molecule has 1 aromatic carbocycles. The quantitative estimate of drug-likeness (QED) is 0.785. The van der Waals surface area contributed by atoms with Crippen LogP contribution >= 0.6 is 0 Å².